The van der Waals surface area contributed by atoms with Gasteiger partial charge in [0.1, 0.15) is 0 Å². The molecule has 0 amide bonds. The van der Waals surface area contributed by atoms with Gasteiger partial charge in [0.05, 0.1) is 13.2 Å². The Morgan fingerprint density at radius 2 is 1.73 bits per heavy atom. The van der Waals surface area contributed by atoms with E-state index in [1.54, 1.807) is 0 Å². The molecule has 0 aromatic heterocycles. The second-order valence-corrected chi connectivity index (χ2v) is 3.09. The molecule has 0 aliphatic heterocycles. The van der Waals surface area contributed by atoms with Gasteiger partial charge in [-0.05, 0) is 25.7 Å². The molecule has 0 bridgehead atoms. The maximum atomic E-state index is 8.56. The minimum Gasteiger partial charge on any atom is -0.394 e. The Kier molecular flexibility index (Phi) is 4.21. The van der Waals surface area contributed by atoms with E-state index >= 15 is 0 Å². The Labute approximate surface area is 68.3 Å². The predicted octanol–water partition coefficient (Wildman–Crippen LogP) is 1.77. The summed E-state index contributed by atoms with van der Waals surface area (Å²) in [6, 6.07) is 0. The highest BCUT2D eigenvalue weighted by molar-refractivity contribution is 5.84. The van der Waals surface area contributed by atoms with Crippen molar-refractivity contribution < 1.29 is 5.11 Å². The number of aliphatic hydroxyl groups excluding tert-OH is 1. The van der Waals surface area contributed by atoms with Gasteiger partial charge in [-0.1, -0.05) is 12.8 Å². The van der Waals surface area contributed by atoms with Crippen molar-refractivity contribution in [1.29, 1.82) is 0 Å². The fourth-order valence-electron chi connectivity index (χ4n) is 1.50. The third-order valence-corrected chi connectivity index (χ3v) is 2.12. The molecule has 0 aromatic rings. The third kappa shape index (κ3) is 3.51. The number of hydrogen-bond acceptors (Lipinski definition) is 2. The fraction of sp³-hybridized carbons (Fsp3) is 0.889. The molecule has 1 fully saturated rings. The van der Waals surface area contributed by atoms with E-state index in [9.17, 15) is 0 Å². The molecule has 2 nitrogen and oxygen atoms in total. The summed E-state index contributed by atoms with van der Waals surface area (Å²) in [6.07, 6.45) is 7.64. The second-order valence-electron chi connectivity index (χ2n) is 3.09. The summed E-state index contributed by atoms with van der Waals surface area (Å²) < 4.78 is 0. The van der Waals surface area contributed by atoms with E-state index in [0.717, 1.165) is 0 Å². The quantitative estimate of drug-likeness (QED) is 0.606. The monoisotopic (exact) mass is 155 g/mol. The molecule has 1 rings (SSSR count). The van der Waals surface area contributed by atoms with E-state index in [1.165, 1.54) is 44.2 Å². The molecule has 0 aromatic carbocycles. The van der Waals surface area contributed by atoms with Gasteiger partial charge >= 0.3 is 0 Å². The van der Waals surface area contributed by atoms with Gasteiger partial charge in [0.25, 0.3) is 0 Å². The smallest absolute Gasteiger partial charge is 0.0626 e. The van der Waals surface area contributed by atoms with Crippen molar-refractivity contribution in [3.63, 3.8) is 0 Å². The summed E-state index contributed by atoms with van der Waals surface area (Å²) in [5.74, 6) is 0. The van der Waals surface area contributed by atoms with Crippen molar-refractivity contribution in [2.45, 2.75) is 38.5 Å². The number of aliphatic imine (C=N–C) groups is 1. The molecule has 0 saturated heterocycles. The Morgan fingerprint density at radius 1 is 1.09 bits per heavy atom. The standard InChI is InChI=1S/C9H17NO/c11-8-7-10-9-5-3-1-2-4-6-9/h11H,1-8H2. The van der Waals surface area contributed by atoms with Crippen LogP contribution in [0.1, 0.15) is 38.5 Å². The molecule has 0 atom stereocenters. The Balaban J connectivity index is 2.29. The van der Waals surface area contributed by atoms with Gasteiger partial charge in [-0.3, -0.25) is 4.99 Å². The van der Waals surface area contributed by atoms with Crippen LogP contribution in [0.5, 0.6) is 0 Å². The molecular weight excluding hydrogens is 138 g/mol. The van der Waals surface area contributed by atoms with E-state index in [2.05, 4.69) is 4.99 Å². The summed E-state index contributed by atoms with van der Waals surface area (Å²) in [4.78, 5) is 4.33. The molecule has 1 aliphatic carbocycles. The summed E-state index contributed by atoms with van der Waals surface area (Å²) in [5.41, 5.74) is 1.33. The van der Waals surface area contributed by atoms with Gasteiger partial charge < -0.3 is 5.11 Å². The lowest BCUT2D eigenvalue weighted by Crippen LogP contribution is -1.99. The van der Waals surface area contributed by atoms with Crippen LogP contribution in [-0.2, 0) is 0 Å². The molecule has 2 heteroatoms. The Morgan fingerprint density at radius 3 is 2.27 bits per heavy atom. The van der Waals surface area contributed by atoms with Crippen LogP contribution in [-0.4, -0.2) is 24.0 Å². The summed E-state index contributed by atoms with van der Waals surface area (Å²) in [7, 11) is 0. The van der Waals surface area contributed by atoms with Crippen molar-refractivity contribution >= 4 is 5.71 Å². The number of aliphatic hydroxyl groups is 1. The van der Waals surface area contributed by atoms with Gasteiger partial charge in [0.15, 0.2) is 0 Å². The first-order chi connectivity index (χ1) is 5.43. The lowest BCUT2D eigenvalue weighted by molar-refractivity contribution is 0.306. The van der Waals surface area contributed by atoms with Crippen LogP contribution in [0.4, 0.5) is 0 Å². The maximum absolute atomic E-state index is 8.56. The van der Waals surface area contributed by atoms with Crippen LogP contribution in [0.3, 0.4) is 0 Å². The summed E-state index contributed by atoms with van der Waals surface area (Å²) in [6.45, 7) is 0.804. The van der Waals surface area contributed by atoms with Crippen LogP contribution in [0.15, 0.2) is 4.99 Å². The first kappa shape index (κ1) is 8.72. The van der Waals surface area contributed by atoms with E-state index in [4.69, 9.17) is 5.11 Å². The SMILES string of the molecule is OCCN=C1CCCCCC1. The van der Waals surface area contributed by atoms with Gasteiger partial charge in [-0.25, -0.2) is 0 Å². The van der Waals surface area contributed by atoms with Crippen LogP contribution < -0.4 is 0 Å². The van der Waals surface area contributed by atoms with Crippen LogP contribution in [0.2, 0.25) is 0 Å². The van der Waals surface area contributed by atoms with E-state index in [0.29, 0.717) is 6.54 Å². The van der Waals surface area contributed by atoms with Crippen molar-refractivity contribution in [3.05, 3.63) is 0 Å². The van der Waals surface area contributed by atoms with Crippen molar-refractivity contribution in [2.24, 2.45) is 4.99 Å². The zero-order chi connectivity index (χ0) is 7.94. The highest BCUT2D eigenvalue weighted by atomic mass is 16.3. The Hall–Kier alpha value is -0.370. The largest absolute Gasteiger partial charge is 0.394 e. The molecule has 0 spiro atoms. The molecule has 0 unspecified atom stereocenters. The van der Waals surface area contributed by atoms with E-state index < -0.39 is 0 Å². The van der Waals surface area contributed by atoms with E-state index in [1.807, 2.05) is 0 Å². The number of rotatable bonds is 2. The average molecular weight is 155 g/mol. The third-order valence-electron chi connectivity index (χ3n) is 2.12. The van der Waals surface area contributed by atoms with E-state index in [-0.39, 0.29) is 6.61 Å². The Bertz CT molecular complexity index is 122. The molecule has 0 radical (unpaired) electrons. The summed E-state index contributed by atoms with van der Waals surface area (Å²) >= 11 is 0. The van der Waals surface area contributed by atoms with Crippen molar-refractivity contribution in [3.8, 4) is 0 Å². The van der Waals surface area contributed by atoms with Crippen LogP contribution in [0, 0.1) is 0 Å². The second kappa shape index (κ2) is 5.30. The van der Waals surface area contributed by atoms with Gasteiger partial charge in [0.2, 0.25) is 0 Å². The lowest BCUT2D eigenvalue weighted by Gasteiger charge is -1.99. The lowest BCUT2D eigenvalue weighted by atomic mass is 10.2. The normalized spacial score (nSPS) is 19.5. The number of nitrogens with zero attached hydrogens (tertiary/aromatic N) is 1. The van der Waals surface area contributed by atoms with Gasteiger partial charge in [-0.15, -0.1) is 0 Å². The van der Waals surface area contributed by atoms with Gasteiger partial charge in [-0.2, -0.15) is 0 Å². The molecule has 1 saturated carbocycles. The highest BCUT2D eigenvalue weighted by Gasteiger charge is 2.04. The topological polar surface area (TPSA) is 32.6 Å². The van der Waals surface area contributed by atoms with Crippen LogP contribution in [0.25, 0.3) is 0 Å². The fourth-order valence-corrected chi connectivity index (χ4v) is 1.50. The number of hydrogen-bond donors (Lipinski definition) is 1. The minimum atomic E-state index is 0.198. The molecule has 1 N–H and O–H groups in total. The molecular formula is C9H17NO. The van der Waals surface area contributed by atoms with Crippen molar-refractivity contribution in [1.82, 2.24) is 0 Å². The molecule has 64 valence electrons. The zero-order valence-electron chi connectivity index (χ0n) is 7.05. The first-order valence-corrected chi connectivity index (χ1v) is 4.56. The highest BCUT2D eigenvalue weighted by Crippen LogP contribution is 2.14. The minimum absolute atomic E-state index is 0.198. The molecule has 11 heavy (non-hydrogen) atoms. The predicted molar refractivity (Wildman–Crippen MR) is 47.1 cm³/mol. The van der Waals surface area contributed by atoms with Gasteiger partial charge in [0, 0.05) is 5.71 Å². The molecule has 0 heterocycles. The zero-order valence-corrected chi connectivity index (χ0v) is 7.05. The van der Waals surface area contributed by atoms with Crippen LogP contribution >= 0.6 is 0 Å². The maximum Gasteiger partial charge on any atom is 0.0626 e. The molecule has 1 aliphatic rings. The average Bonchev–Trinajstić information content (AvgIpc) is 2.28. The van der Waals surface area contributed by atoms with Crippen molar-refractivity contribution in [2.75, 3.05) is 13.2 Å². The summed E-state index contributed by atoms with van der Waals surface area (Å²) in [5, 5.41) is 8.56. The first-order valence-electron chi connectivity index (χ1n) is 4.56.